The predicted molar refractivity (Wildman–Crippen MR) is 101 cm³/mol. The lowest BCUT2D eigenvalue weighted by Crippen LogP contribution is -2.53. The van der Waals surface area contributed by atoms with Gasteiger partial charge in [0, 0.05) is 45.7 Å². The van der Waals surface area contributed by atoms with Gasteiger partial charge in [0.1, 0.15) is 0 Å². The quantitative estimate of drug-likeness (QED) is 0.289. The minimum Gasteiger partial charge on any atom is -0.469 e. The van der Waals surface area contributed by atoms with Crippen LogP contribution in [0.3, 0.4) is 0 Å². The molecule has 1 heterocycles. The van der Waals surface area contributed by atoms with Crippen LogP contribution < -0.4 is 5.32 Å². The molecule has 8 heteroatoms. The van der Waals surface area contributed by atoms with E-state index < -0.39 is 0 Å². The van der Waals surface area contributed by atoms with Crippen molar-refractivity contribution in [2.24, 2.45) is 4.99 Å². The summed E-state index contributed by atoms with van der Waals surface area (Å²) in [5.74, 6) is 0.769. The van der Waals surface area contributed by atoms with Crippen LogP contribution in [0.1, 0.15) is 46.0 Å². The highest BCUT2D eigenvalue weighted by atomic mass is 16.6. The number of nitrogens with zero attached hydrogens (tertiary/aromatic N) is 3. The second-order valence-corrected chi connectivity index (χ2v) is 6.15. The third-order valence-corrected chi connectivity index (χ3v) is 4.22. The first-order valence-corrected chi connectivity index (χ1v) is 9.64. The van der Waals surface area contributed by atoms with Gasteiger partial charge in [-0.25, -0.2) is 4.79 Å². The number of piperazine rings is 1. The summed E-state index contributed by atoms with van der Waals surface area (Å²) in [6.45, 7) is 8.66. The fourth-order valence-corrected chi connectivity index (χ4v) is 2.76. The normalized spacial score (nSPS) is 15.0. The van der Waals surface area contributed by atoms with E-state index in [0.717, 1.165) is 57.8 Å². The van der Waals surface area contributed by atoms with E-state index in [1.165, 1.54) is 7.11 Å². The molecule has 0 bridgehead atoms. The molecule has 0 aromatic rings. The molecule has 0 aromatic carbocycles. The second-order valence-electron chi connectivity index (χ2n) is 6.15. The molecule has 1 fully saturated rings. The molecule has 1 N–H and O–H groups in total. The third kappa shape index (κ3) is 8.40. The number of ether oxygens (including phenoxy) is 2. The fraction of sp³-hybridized carbons (Fsp3) is 0.833. The number of amides is 1. The summed E-state index contributed by atoms with van der Waals surface area (Å²) < 4.78 is 9.68. The Kier molecular flexibility index (Phi) is 11.2. The van der Waals surface area contributed by atoms with Gasteiger partial charge in [-0.1, -0.05) is 12.8 Å². The maximum absolute atomic E-state index is 11.8. The molecule has 0 aromatic heterocycles. The van der Waals surface area contributed by atoms with Gasteiger partial charge in [-0.2, -0.15) is 0 Å². The van der Waals surface area contributed by atoms with Crippen molar-refractivity contribution in [1.29, 1.82) is 0 Å². The minimum absolute atomic E-state index is 0.139. The second kappa shape index (κ2) is 13.2. The zero-order valence-electron chi connectivity index (χ0n) is 16.5. The lowest BCUT2D eigenvalue weighted by atomic mass is 10.1. The first-order chi connectivity index (χ1) is 12.6. The molecule has 0 unspecified atom stereocenters. The fourth-order valence-electron chi connectivity index (χ4n) is 2.76. The van der Waals surface area contributed by atoms with Gasteiger partial charge in [0.15, 0.2) is 5.96 Å². The summed E-state index contributed by atoms with van der Waals surface area (Å²) in [6.07, 6.45) is 4.19. The molecule has 0 radical (unpaired) electrons. The number of unbranched alkanes of at least 4 members (excludes halogenated alkanes) is 3. The zero-order chi connectivity index (χ0) is 19.2. The summed E-state index contributed by atoms with van der Waals surface area (Å²) >= 11 is 0. The number of methoxy groups -OCH3 is 1. The topological polar surface area (TPSA) is 83.5 Å². The van der Waals surface area contributed by atoms with Gasteiger partial charge < -0.3 is 24.6 Å². The van der Waals surface area contributed by atoms with Gasteiger partial charge in [0.25, 0.3) is 0 Å². The van der Waals surface area contributed by atoms with E-state index in [1.807, 2.05) is 6.92 Å². The average molecular weight is 370 g/mol. The molecule has 150 valence electrons. The average Bonchev–Trinajstić information content (AvgIpc) is 2.66. The van der Waals surface area contributed by atoms with Crippen LogP contribution in [0.2, 0.25) is 0 Å². The summed E-state index contributed by atoms with van der Waals surface area (Å²) in [6, 6.07) is 0. The highest BCUT2D eigenvalue weighted by molar-refractivity contribution is 5.80. The highest BCUT2D eigenvalue weighted by Crippen LogP contribution is 2.06. The molecule has 0 spiro atoms. The van der Waals surface area contributed by atoms with Crippen LogP contribution in [0.4, 0.5) is 4.79 Å². The Morgan fingerprint density at radius 1 is 1.00 bits per heavy atom. The van der Waals surface area contributed by atoms with Crippen molar-refractivity contribution in [2.45, 2.75) is 46.0 Å². The Morgan fingerprint density at radius 3 is 2.27 bits per heavy atom. The SMILES string of the molecule is CCNC(=NCCCCCCC(=O)OC)N1CCN(C(=O)OCC)CC1. The molecule has 8 nitrogen and oxygen atoms in total. The van der Waals surface area contributed by atoms with E-state index in [9.17, 15) is 9.59 Å². The maximum Gasteiger partial charge on any atom is 0.409 e. The molecule has 1 aliphatic rings. The van der Waals surface area contributed by atoms with E-state index in [4.69, 9.17) is 9.73 Å². The molecule has 0 aliphatic carbocycles. The number of aliphatic imine (C=N–C) groups is 1. The number of nitrogens with one attached hydrogen (secondary N) is 1. The Morgan fingerprint density at radius 2 is 1.65 bits per heavy atom. The van der Waals surface area contributed by atoms with Gasteiger partial charge in [-0.05, 0) is 26.7 Å². The van der Waals surface area contributed by atoms with Crippen LogP contribution in [0.5, 0.6) is 0 Å². The van der Waals surface area contributed by atoms with Crippen LogP contribution in [0.15, 0.2) is 4.99 Å². The Labute approximate surface area is 156 Å². The molecule has 1 aliphatic heterocycles. The summed E-state index contributed by atoms with van der Waals surface area (Å²) in [5.41, 5.74) is 0. The van der Waals surface area contributed by atoms with Gasteiger partial charge in [-0.3, -0.25) is 9.79 Å². The lowest BCUT2D eigenvalue weighted by molar-refractivity contribution is -0.140. The number of carbonyl (C=O) groups excluding carboxylic acids is 2. The van der Waals surface area contributed by atoms with Crippen LogP contribution in [0.25, 0.3) is 0 Å². The van der Waals surface area contributed by atoms with Gasteiger partial charge in [-0.15, -0.1) is 0 Å². The molecule has 1 amide bonds. The molecule has 0 saturated carbocycles. The Bertz CT molecular complexity index is 448. The summed E-state index contributed by atoms with van der Waals surface area (Å²) in [4.78, 5) is 31.4. The summed E-state index contributed by atoms with van der Waals surface area (Å²) in [7, 11) is 1.42. The number of esters is 1. The molecule has 0 atom stereocenters. The molecular weight excluding hydrogens is 336 g/mol. The Balaban J connectivity index is 2.31. The van der Waals surface area contributed by atoms with E-state index in [1.54, 1.807) is 4.90 Å². The number of carbonyl (C=O) groups is 2. The number of hydrogen-bond acceptors (Lipinski definition) is 5. The first kappa shape index (κ1) is 22.1. The van der Waals surface area contributed by atoms with Gasteiger partial charge >= 0.3 is 12.1 Å². The van der Waals surface area contributed by atoms with Crippen molar-refractivity contribution in [3.05, 3.63) is 0 Å². The zero-order valence-corrected chi connectivity index (χ0v) is 16.5. The van der Waals surface area contributed by atoms with Crippen LogP contribution in [-0.4, -0.2) is 80.8 Å². The first-order valence-electron chi connectivity index (χ1n) is 9.64. The Hall–Kier alpha value is -1.99. The molecular formula is C18H34N4O4. The number of hydrogen-bond donors (Lipinski definition) is 1. The third-order valence-electron chi connectivity index (χ3n) is 4.22. The van der Waals surface area contributed by atoms with E-state index >= 15 is 0 Å². The van der Waals surface area contributed by atoms with Crippen molar-refractivity contribution < 1.29 is 19.1 Å². The molecule has 1 rings (SSSR count). The number of rotatable bonds is 9. The van der Waals surface area contributed by atoms with Crippen molar-refractivity contribution in [1.82, 2.24) is 15.1 Å². The monoisotopic (exact) mass is 370 g/mol. The summed E-state index contributed by atoms with van der Waals surface area (Å²) in [5, 5.41) is 3.33. The van der Waals surface area contributed by atoms with Crippen molar-refractivity contribution in [3.8, 4) is 0 Å². The van der Waals surface area contributed by atoms with E-state index in [-0.39, 0.29) is 12.1 Å². The van der Waals surface area contributed by atoms with E-state index in [2.05, 4.69) is 21.9 Å². The van der Waals surface area contributed by atoms with Crippen LogP contribution >= 0.6 is 0 Å². The van der Waals surface area contributed by atoms with Crippen LogP contribution in [-0.2, 0) is 14.3 Å². The minimum atomic E-state index is -0.235. The molecule has 1 saturated heterocycles. The van der Waals surface area contributed by atoms with Gasteiger partial charge in [0.05, 0.1) is 13.7 Å². The molecule has 26 heavy (non-hydrogen) atoms. The number of guanidine groups is 1. The van der Waals surface area contributed by atoms with E-state index in [0.29, 0.717) is 26.1 Å². The van der Waals surface area contributed by atoms with Crippen molar-refractivity contribution >= 4 is 18.0 Å². The van der Waals surface area contributed by atoms with Crippen LogP contribution in [0, 0.1) is 0 Å². The predicted octanol–water partition coefficient (Wildman–Crippen LogP) is 1.85. The largest absolute Gasteiger partial charge is 0.469 e. The maximum atomic E-state index is 11.8. The standard InChI is InChI=1S/C18H34N4O4/c1-4-19-17(20-11-9-7-6-8-10-16(23)25-3)21-12-14-22(15-13-21)18(24)26-5-2/h4-15H2,1-3H3,(H,19,20). The smallest absolute Gasteiger partial charge is 0.409 e. The van der Waals surface area contributed by atoms with Gasteiger partial charge in [0.2, 0.25) is 0 Å². The van der Waals surface area contributed by atoms with Crippen molar-refractivity contribution in [3.63, 3.8) is 0 Å². The lowest BCUT2D eigenvalue weighted by Gasteiger charge is -2.35. The highest BCUT2D eigenvalue weighted by Gasteiger charge is 2.23. The van der Waals surface area contributed by atoms with Crippen molar-refractivity contribution in [2.75, 3.05) is 53.0 Å².